The SMILES string of the molecule is C=C(C)C(=O)OCCC(CCCC)[Si](OC)(OC)OC. The van der Waals surface area contributed by atoms with Crippen LogP contribution in [0.3, 0.4) is 0 Å². The molecule has 0 N–H and O–H groups in total. The van der Waals surface area contributed by atoms with Crippen molar-refractivity contribution in [3.05, 3.63) is 12.2 Å². The number of ether oxygens (including phenoxy) is 1. The van der Waals surface area contributed by atoms with Crippen LogP contribution >= 0.6 is 0 Å². The minimum atomic E-state index is -2.70. The van der Waals surface area contributed by atoms with E-state index in [4.69, 9.17) is 18.0 Å². The number of unbranched alkanes of at least 4 members (excludes halogenated alkanes) is 1. The Bertz CT molecular complexity index is 294. The van der Waals surface area contributed by atoms with E-state index in [0.717, 1.165) is 19.3 Å². The molecule has 6 heteroatoms. The van der Waals surface area contributed by atoms with Crippen molar-refractivity contribution in [2.75, 3.05) is 27.9 Å². The van der Waals surface area contributed by atoms with Crippen LogP contribution in [0.4, 0.5) is 0 Å². The van der Waals surface area contributed by atoms with Gasteiger partial charge in [0.25, 0.3) is 0 Å². The molecule has 5 nitrogen and oxygen atoms in total. The molecular formula is C14H28O5Si. The van der Waals surface area contributed by atoms with Crippen molar-refractivity contribution in [3.63, 3.8) is 0 Å². The average molecular weight is 304 g/mol. The van der Waals surface area contributed by atoms with Crippen molar-refractivity contribution in [1.82, 2.24) is 0 Å². The van der Waals surface area contributed by atoms with E-state index in [-0.39, 0.29) is 11.5 Å². The summed E-state index contributed by atoms with van der Waals surface area (Å²) in [5.41, 5.74) is 0.532. The summed E-state index contributed by atoms with van der Waals surface area (Å²) < 4.78 is 21.8. The summed E-state index contributed by atoms with van der Waals surface area (Å²) in [6.45, 7) is 7.65. The lowest BCUT2D eigenvalue weighted by Crippen LogP contribution is -2.48. The van der Waals surface area contributed by atoms with Gasteiger partial charge in [-0.1, -0.05) is 26.3 Å². The van der Waals surface area contributed by atoms with Crippen molar-refractivity contribution in [3.8, 4) is 0 Å². The van der Waals surface area contributed by atoms with E-state index in [1.807, 2.05) is 0 Å². The third kappa shape index (κ3) is 5.74. The molecule has 0 radical (unpaired) electrons. The molecule has 0 saturated heterocycles. The van der Waals surface area contributed by atoms with Gasteiger partial charge in [0, 0.05) is 32.4 Å². The Morgan fingerprint density at radius 1 is 1.15 bits per heavy atom. The first-order valence-corrected chi connectivity index (χ1v) is 8.75. The minimum absolute atomic E-state index is 0.125. The van der Waals surface area contributed by atoms with Crippen LogP contribution in [0.25, 0.3) is 0 Å². The van der Waals surface area contributed by atoms with Crippen LogP contribution in [0.2, 0.25) is 5.54 Å². The molecule has 0 heterocycles. The quantitative estimate of drug-likeness (QED) is 0.334. The maximum Gasteiger partial charge on any atom is 0.503 e. The first kappa shape index (κ1) is 19.3. The summed E-state index contributed by atoms with van der Waals surface area (Å²) in [6.07, 6.45) is 3.75. The second-order valence-electron chi connectivity index (χ2n) is 4.76. The fourth-order valence-electron chi connectivity index (χ4n) is 2.12. The monoisotopic (exact) mass is 304 g/mol. The predicted molar refractivity (Wildman–Crippen MR) is 80.4 cm³/mol. The lowest BCUT2D eigenvalue weighted by molar-refractivity contribution is -0.139. The summed E-state index contributed by atoms with van der Waals surface area (Å²) in [5.74, 6) is -0.362. The standard InChI is InChI=1S/C14H28O5Si/c1-7-8-9-13(20(16-4,17-5)18-6)10-11-19-14(15)12(2)3/h13H,2,7-11H2,1,3-6H3. The van der Waals surface area contributed by atoms with Gasteiger partial charge in [0.05, 0.1) is 6.61 Å². The van der Waals surface area contributed by atoms with E-state index in [2.05, 4.69) is 13.5 Å². The molecule has 0 bridgehead atoms. The van der Waals surface area contributed by atoms with Gasteiger partial charge in [0.2, 0.25) is 0 Å². The Hall–Kier alpha value is -0.693. The second-order valence-corrected chi connectivity index (χ2v) is 8.01. The minimum Gasteiger partial charge on any atom is -0.462 e. The Morgan fingerprint density at radius 3 is 2.10 bits per heavy atom. The first-order chi connectivity index (χ1) is 9.47. The summed E-state index contributed by atoms with van der Waals surface area (Å²) in [5, 5.41) is 0. The molecule has 0 aromatic heterocycles. The summed E-state index contributed by atoms with van der Waals surface area (Å²) in [6, 6.07) is 0. The van der Waals surface area contributed by atoms with Crippen LogP contribution in [0, 0.1) is 0 Å². The van der Waals surface area contributed by atoms with E-state index < -0.39 is 8.80 Å². The van der Waals surface area contributed by atoms with Crippen LogP contribution < -0.4 is 0 Å². The van der Waals surface area contributed by atoms with Crippen molar-refractivity contribution < 1.29 is 22.8 Å². The van der Waals surface area contributed by atoms with Gasteiger partial charge in [-0.3, -0.25) is 0 Å². The lowest BCUT2D eigenvalue weighted by Gasteiger charge is -2.32. The molecule has 1 atom stereocenters. The third-order valence-corrected chi connectivity index (χ3v) is 6.59. The van der Waals surface area contributed by atoms with Gasteiger partial charge in [-0.15, -0.1) is 0 Å². The zero-order valence-corrected chi connectivity index (χ0v) is 14.4. The van der Waals surface area contributed by atoms with E-state index in [1.54, 1.807) is 28.3 Å². The van der Waals surface area contributed by atoms with Crippen LogP contribution in [0.5, 0.6) is 0 Å². The number of rotatable bonds is 11. The fourth-order valence-corrected chi connectivity index (χ4v) is 4.64. The summed E-state index contributed by atoms with van der Waals surface area (Å²) in [4.78, 5) is 11.4. The zero-order chi connectivity index (χ0) is 15.6. The Labute approximate surface area is 123 Å². The lowest BCUT2D eigenvalue weighted by atomic mass is 10.1. The zero-order valence-electron chi connectivity index (χ0n) is 13.4. The smallest absolute Gasteiger partial charge is 0.462 e. The molecule has 0 aliphatic rings. The van der Waals surface area contributed by atoms with E-state index in [9.17, 15) is 4.79 Å². The van der Waals surface area contributed by atoms with Crippen LogP contribution in [0.1, 0.15) is 39.5 Å². The molecule has 0 amide bonds. The topological polar surface area (TPSA) is 54.0 Å². The van der Waals surface area contributed by atoms with E-state index in [1.165, 1.54) is 0 Å². The highest BCUT2D eigenvalue weighted by molar-refractivity contribution is 6.62. The molecule has 0 saturated carbocycles. The first-order valence-electron chi connectivity index (χ1n) is 6.95. The molecule has 0 rings (SSSR count). The van der Waals surface area contributed by atoms with Gasteiger partial charge < -0.3 is 18.0 Å². The van der Waals surface area contributed by atoms with E-state index >= 15 is 0 Å². The molecular weight excluding hydrogens is 276 g/mol. The number of carbonyl (C=O) groups excluding carboxylic acids is 1. The molecule has 0 fully saturated rings. The fraction of sp³-hybridized carbons (Fsp3) is 0.786. The van der Waals surface area contributed by atoms with Crippen LogP contribution in [-0.2, 0) is 22.8 Å². The normalized spacial score (nSPS) is 13.1. The maximum atomic E-state index is 11.4. The molecule has 0 aliphatic carbocycles. The molecule has 118 valence electrons. The van der Waals surface area contributed by atoms with E-state index in [0.29, 0.717) is 18.6 Å². The maximum absolute atomic E-state index is 11.4. The third-order valence-electron chi connectivity index (χ3n) is 3.31. The highest BCUT2D eigenvalue weighted by Crippen LogP contribution is 2.32. The Morgan fingerprint density at radius 2 is 1.70 bits per heavy atom. The average Bonchev–Trinajstić information content (AvgIpc) is 2.45. The number of hydrogen-bond acceptors (Lipinski definition) is 5. The Balaban J connectivity index is 4.62. The molecule has 0 spiro atoms. The van der Waals surface area contributed by atoms with Crippen molar-refractivity contribution in [2.24, 2.45) is 0 Å². The highest BCUT2D eigenvalue weighted by Gasteiger charge is 2.46. The largest absolute Gasteiger partial charge is 0.503 e. The van der Waals surface area contributed by atoms with Gasteiger partial charge in [0.15, 0.2) is 0 Å². The van der Waals surface area contributed by atoms with Gasteiger partial charge in [-0.2, -0.15) is 0 Å². The van der Waals surface area contributed by atoms with Gasteiger partial charge in [-0.05, 0) is 19.8 Å². The molecule has 0 aromatic carbocycles. The summed E-state index contributed by atoms with van der Waals surface area (Å²) in [7, 11) is 2.13. The Kier molecular flexibility index (Phi) is 9.74. The molecule has 20 heavy (non-hydrogen) atoms. The van der Waals surface area contributed by atoms with Crippen LogP contribution in [-0.4, -0.2) is 42.7 Å². The predicted octanol–water partition coefficient (Wildman–Crippen LogP) is 2.93. The number of esters is 1. The van der Waals surface area contributed by atoms with Gasteiger partial charge >= 0.3 is 14.8 Å². The number of hydrogen-bond donors (Lipinski definition) is 0. The summed E-state index contributed by atoms with van der Waals surface area (Å²) >= 11 is 0. The van der Waals surface area contributed by atoms with Gasteiger partial charge in [-0.25, -0.2) is 4.79 Å². The number of carbonyl (C=O) groups is 1. The van der Waals surface area contributed by atoms with Crippen molar-refractivity contribution in [2.45, 2.75) is 45.1 Å². The molecule has 0 aliphatic heterocycles. The molecule has 1 unspecified atom stereocenters. The van der Waals surface area contributed by atoms with Gasteiger partial charge in [0.1, 0.15) is 0 Å². The van der Waals surface area contributed by atoms with Crippen LogP contribution in [0.15, 0.2) is 12.2 Å². The van der Waals surface area contributed by atoms with Crippen molar-refractivity contribution in [1.29, 1.82) is 0 Å². The highest BCUT2D eigenvalue weighted by atomic mass is 28.4. The van der Waals surface area contributed by atoms with Crippen molar-refractivity contribution >= 4 is 14.8 Å². The second kappa shape index (κ2) is 10.1. The molecule has 0 aromatic rings.